The van der Waals surface area contributed by atoms with E-state index in [4.69, 9.17) is 15.3 Å². The van der Waals surface area contributed by atoms with Gasteiger partial charge in [0, 0.05) is 18.6 Å². The Labute approximate surface area is 71.7 Å². The highest BCUT2D eigenvalue weighted by molar-refractivity contribution is 5.85. The number of rotatable bonds is 0. The molecule has 4 nitrogen and oxygen atoms in total. The van der Waals surface area contributed by atoms with E-state index in [2.05, 4.69) is 5.10 Å². The zero-order valence-corrected chi connectivity index (χ0v) is 7.08. The highest BCUT2D eigenvalue weighted by Gasteiger charge is 2.39. The van der Waals surface area contributed by atoms with Crippen LogP contribution in [0.2, 0.25) is 0 Å². The van der Waals surface area contributed by atoms with E-state index in [0.29, 0.717) is 0 Å². The van der Waals surface area contributed by atoms with Gasteiger partial charge >= 0.3 is 0 Å². The summed E-state index contributed by atoms with van der Waals surface area (Å²) in [6, 6.07) is 0. The van der Waals surface area contributed by atoms with Crippen LogP contribution in [0.3, 0.4) is 0 Å². The summed E-state index contributed by atoms with van der Waals surface area (Å²) in [5, 5.41) is 3.71. The van der Waals surface area contributed by atoms with Crippen LogP contribution >= 0.6 is 0 Å². The quantitative estimate of drug-likeness (QED) is 0.428. The average molecular weight is 170 g/mol. The first kappa shape index (κ1) is 8.01. The molecule has 1 heterocycles. The van der Waals surface area contributed by atoms with E-state index < -0.39 is 0 Å². The number of hydrazone groups is 1. The average Bonchev–Trinajstić information content (AvgIpc) is 2.55. The van der Waals surface area contributed by atoms with Crippen molar-refractivity contribution in [2.75, 3.05) is 13.2 Å². The summed E-state index contributed by atoms with van der Waals surface area (Å²) in [6.07, 6.45) is 3.64. The van der Waals surface area contributed by atoms with Gasteiger partial charge in [0.2, 0.25) is 0 Å². The minimum absolute atomic E-state index is 0.284. The summed E-state index contributed by atoms with van der Waals surface area (Å²) < 4.78 is 11.1. The lowest BCUT2D eigenvalue weighted by atomic mass is 9.92. The van der Waals surface area contributed by atoms with Crippen LogP contribution in [0, 0.1) is 0 Å². The van der Waals surface area contributed by atoms with Gasteiger partial charge in [-0.15, -0.1) is 0 Å². The van der Waals surface area contributed by atoms with Crippen LogP contribution in [0.4, 0.5) is 0 Å². The third-order valence-corrected chi connectivity index (χ3v) is 2.59. The summed E-state index contributed by atoms with van der Waals surface area (Å²) in [5.74, 6) is 4.91. The molecule has 0 radical (unpaired) electrons. The molecule has 0 amide bonds. The lowest BCUT2D eigenvalue weighted by molar-refractivity contribution is -0.167. The predicted molar refractivity (Wildman–Crippen MR) is 44.7 cm³/mol. The van der Waals surface area contributed by atoms with Gasteiger partial charge in [-0.25, -0.2) is 0 Å². The van der Waals surface area contributed by atoms with Gasteiger partial charge in [0.05, 0.1) is 13.2 Å². The Morgan fingerprint density at radius 2 is 1.75 bits per heavy atom. The zero-order valence-electron chi connectivity index (χ0n) is 7.08. The summed E-state index contributed by atoms with van der Waals surface area (Å²) in [7, 11) is 0. The third-order valence-electron chi connectivity index (χ3n) is 2.59. The normalized spacial score (nSPS) is 27.8. The van der Waals surface area contributed by atoms with Crippen molar-refractivity contribution in [3.05, 3.63) is 0 Å². The fourth-order valence-corrected chi connectivity index (χ4v) is 1.83. The summed E-state index contributed by atoms with van der Waals surface area (Å²) >= 11 is 0. The van der Waals surface area contributed by atoms with Crippen molar-refractivity contribution in [1.29, 1.82) is 0 Å². The van der Waals surface area contributed by atoms with Gasteiger partial charge in [0.15, 0.2) is 5.79 Å². The Morgan fingerprint density at radius 3 is 2.25 bits per heavy atom. The summed E-state index contributed by atoms with van der Waals surface area (Å²) in [4.78, 5) is 0. The largest absolute Gasteiger partial charge is 0.348 e. The van der Waals surface area contributed by atoms with E-state index >= 15 is 0 Å². The van der Waals surface area contributed by atoms with Crippen LogP contribution < -0.4 is 5.84 Å². The monoisotopic (exact) mass is 170 g/mol. The molecule has 2 N–H and O–H groups in total. The van der Waals surface area contributed by atoms with Crippen molar-refractivity contribution in [2.45, 2.75) is 31.5 Å². The summed E-state index contributed by atoms with van der Waals surface area (Å²) in [6.45, 7) is 1.46. The smallest absolute Gasteiger partial charge is 0.169 e. The van der Waals surface area contributed by atoms with Crippen LogP contribution in [0.1, 0.15) is 25.7 Å². The molecule has 1 aliphatic carbocycles. The zero-order chi connectivity index (χ0) is 8.44. The molecule has 2 rings (SSSR count). The Bertz CT molecular complexity index is 185. The minimum Gasteiger partial charge on any atom is -0.348 e. The minimum atomic E-state index is -0.284. The van der Waals surface area contributed by atoms with Crippen molar-refractivity contribution >= 4 is 5.71 Å². The fourth-order valence-electron chi connectivity index (χ4n) is 1.83. The number of hydrogen-bond acceptors (Lipinski definition) is 4. The Kier molecular flexibility index (Phi) is 2.02. The maximum atomic E-state index is 5.56. The van der Waals surface area contributed by atoms with Crippen LogP contribution in [-0.4, -0.2) is 24.7 Å². The Hall–Kier alpha value is -0.610. The number of nitrogens with two attached hydrogens (primary N) is 1. The second kappa shape index (κ2) is 3.03. The molecule has 68 valence electrons. The number of ether oxygens (including phenoxy) is 2. The highest BCUT2D eigenvalue weighted by Crippen LogP contribution is 2.34. The van der Waals surface area contributed by atoms with Crippen molar-refractivity contribution in [1.82, 2.24) is 0 Å². The third kappa shape index (κ3) is 1.32. The van der Waals surface area contributed by atoms with Crippen molar-refractivity contribution < 1.29 is 9.47 Å². The van der Waals surface area contributed by atoms with Crippen LogP contribution in [0.25, 0.3) is 0 Å². The predicted octanol–water partition coefficient (Wildman–Crippen LogP) is 0.618. The molecular weight excluding hydrogens is 156 g/mol. The van der Waals surface area contributed by atoms with Gasteiger partial charge in [-0.3, -0.25) is 0 Å². The lowest BCUT2D eigenvalue weighted by Gasteiger charge is -2.31. The second-order valence-corrected chi connectivity index (χ2v) is 3.30. The molecule has 1 aliphatic heterocycles. The maximum absolute atomic E-state index is 5.56. The first-order valence-electron chi connectivity index (χ1n) is 4.38. The second-order valence-electron chi connectivity index (χ2n) is 3.30. The molecule has 4 heteroatoms. The molecule has 2 fully saturated rings. The molecule has 1 spiro atoms. The molecule has 2 aliphatic rings. The van der Waals surface area contributed by atoms with Crippen molar-refractivity contribution in [3.63, 3.8) is 0 Å². The Morgan fingerprint density at radius 1 is 1.17 bits per heavy atom. The molecule has 0 unspecified atom stereocenters. The maximum Gasteiger partial charge on any atom is 0.169 e. The highest BCUT2D eigenvalue weighted by atomic mass is 16.7. The van der Waals surface area contributed by atoms with E-state index in [-0.39, 0.29) is 5.79 Å². The summed E-state index contributed by atoms with van der Waals surface area (Å²) in [5.41, 5.74) is 1.08. The Balaban J connectivity index is 1.97. The van der Waals surface area contributed by atoms with Crippen LogP contribution in [0.5, 0.6) is 0 Å². The molecule has 1 saturated heterocycles. The first-order chi connectivity index (χ1) is 5.85. The van der Waals surface area contributed by atoms with Gasteiger partial charge in [0.25, 0.3) is 0 Å². The lowest BCUT2D eigenvalue weighted by Crippen LogP contribution is -2.35. The van der Waals surface area contributed by atoms with E-state index in [1.54, 1.807) is 0 Å². The molecule has 0 aromatic heterocycles. The van der Waals surface area contributed by atoms with Gasteiger partial charge in [-0.1, -0.05) is 0 Å². The SMILES string of the molecule is NN=C1CCC2(CC1)OCCO2. The van der Waals surface area contributed by atoms with Gasteiger partial charge in [-0.05, 0) is 12.8 Å². The number of nitrogens with zero attached hydrogens (tertiary/aromatic N) is 1. The van der Waals surface area contributed by atoms with E-state index in [1.165, 1.54) is 0 Å². The van der Waals surface area contributed by atoms with E-state index in [9.17, 15) is 0 Å². The van der Waals surface area contributed by atoms with Crippen molar-refractivity contribution in [3.8, 4) is 0 Å². The topological polar surface area (TPSA) is 56.8 Å². The van der Waals surface area contributed by atoms with Gasteiger partial charge < -0.3 is 15.3 Å². The first-order valence-corrected chi connectivity index (χ1v) is 4.38. The molecule has 0 bridgehead atoms. The molecule has 1 saturated carbocycles. The molecule has 0 aromatic carbocycles. The molecule has 0 atom stereocenters. The van der Waals surface area contributed by atoms with Crippen LogP contribution in [-0.2, 0) is 9.47 Å². The fraction of sp³-hybridized carbons (Fsp3) is 0.875. The molecular formula is C8H14N2O2. The van der Waals surface area contributed by atoms with Gasteiger partial charge in [-0.2, -0.15) is 5.10 Å². The van der Waals surface area contributed by atoms with Crippen molar-refractivity contribution in [2.24, 2.45) is 10.9 Å². The molecule has 0 aromatic rings. The van der Waals surface area contributed by atoms with Gasteiger partial charge in [0.1, 0.15) is 0 Å². The van der Waals surface area contributed by atoms with Crippen LogP contribution in [0.15, 0.2) is 5.10 Å². The molecule has 12 heavy (non-hydrogen) atoms. The number of hydrogen-bond donors (Lipinski definition) is 1. The van der Waals surface area contributed by atoms with E-state index in [0.717, 1.165) is 44.6 Å². The van der Waals surface area contributed by atoms with E-state index in [1.807, 2.05) is 0 Å². The standard InChI is InChI=1S/C8H14N2O2/c9-10-7-1-3-8(4-2-7)11-5-6-12-8/h1-6,9H2.